The van der Waals surface area contributed by atoms with Crippen LogP contribution in [0.15, 0.2) is 29.2 Å². The smallest absolute Gasteiger partial charge is 0.320 e. The number of carboxylic acid groups (broad SMARTS) is 1. The highest BCUT2D eigenvalue weighted by molar-refractivity contribution is 8.01. The minimum atomic E-state index is -0.671. The van der Waals surface area contributed by atoms with Gasteiger partial charge in [0, 0.05) is 10.8 Å². The summed E-state index contributed by atoms with van der Waals surface area (Å²) in [5.74, 6) is -0.550. The Hall–Kier alpha value is -0.960. The Labute approximate surface area is 259 Å². The largest absolute Gasteiger partial charge is 0.480 e. The van der Waals surface area contributed by atoms with E-state index in [1.165, 1.54) is 160 Å². The van der Waals surface area contributed by atoms with E-state index < -0.39 is 10.7 Å². The lowest BCUT2D eigenvalue weighted by atomic mass is 9.83. The van der Waals surface area contributed by atoms with E-state index in [0.29, 0.717) is 0 Å². The first-order valence-corrected chi connectivity index (χ1v) is 18.9. The lowest BCUT2D eigenvalue weighted by molar-refractivity contribution is -0.140. The van der Waals surface area contributed by atoms with E-state index in [1.54, 1.807) is 11.8 Å². The summed E-state index contributed by atoms with van der Waals surface area (Å²) in [6.07, 6.45) is 37.2. The number of unbranched alkanes of at least 4 members (excludes halogenated alkanes) is 25. The second-order valence-corrected chi connectivity index (χ2v) is 14.5. The van der Waals surface area contributed by atoms with Gasteiger partial charge in [-0.15, -0.1) is 11.8 Å². The topological polar surface area (TPSA) is 37.3 Å². The summed E-state index contributed by atoms with van der Waals surface area (Å²) >= 11 is 1.59. The zero-order valence-electron chi connectivity index (χ0n) is 27.2. The number of aliphatic carboxylic acids is 1. The van der Waals surface area contributed by atoms with Crippen molar-refractivity contribution < 1.29 is 9.90 Å². The SMILES string of the molecule is CCCCCCCCCCCCCCCCCCCCCCCCCCCCC1(C(=O)O)Sc2ccccc2C1C. The number of hydrogen-bond donors (Lipinski definition) is 1. The Morgan fingerprint density at radius 3 is 1.29 bits per heavy atom. The third kappa shape index (κ3) is 14.9. The van der Waals surface area contributed by atoms with Gasteiger partial charge in [0.15, 0.2) is 0 Å². The lowest BCUT2D eigenvalue weighted by Crippen LogP contribution is -2.37. The lowest BCUT2D eigenvalue weighted by Gasteiger charge is -2.28. The van der Waals surface area contributed by atoms with Crippen molar-refractivity contribution in [3.8, 4) is 0 Å². The molecule has 0 saturated carbocycles. The van der Waals surface area contributed by atoms with E-state index in [0.717, 1.165) is 24.2 Å². The van der Waals surface area contributed by atoms with Crippen molar-refractivity contribution in [2.75, 3.05) is 0 Å². The summed E-state index contributed by atoms with van der Waals surface area (Å²) in [7, 11) is 0. The maximum Gasteiger partial charge on any atom is 0.320 e. The molecule has 2 atom stereocenters. The average Bonchev–Trinajstić information content (AvgIpc) is 3.27. The van der Waals surface area contributed by atoms with Crippen LogP contribution in [-0.2, 0) is 4.79 Å². The molecule has 0 spiro atoms. The van der Waals surface area contributed by atoms with Crippen LogP contribution in [0.4, 0.5) is 0 Å². The molecule has 1 aromatic carbocycles. The third-order valence-electron chi connectivity index (χ3n) is 9.64. The molecular formula is C38H66O2S. The summed E-state index contributed by atoms with van der Waals surface area (Å²) in [5, 5.41) is 10.1. The molecule has 236 valence electrons. The number of carboxylic acids is 1. The number of benzene rings is 1. The van der Waals surface area contributed by atoms with Crippen LogP contribution in [0.3, 0.4) is 0 Å². The van der Waals surface area contributed by atoms with Crippen LogP contribution in [0.5, 0.6) is 0 Å². The first-order chi connectivity index (χ1) is 20.1. The predicted octanol–water partition coefficient (Wildman–Crippen LogP) is 13.3. The first-order valence-electron chi connectivity index (χ1n) is 18.1. The van der Waals surface area contributed by atoms with Gasteiger partial charge in [-0.3, -0.25) is 4.79 Å². The molecule has 0 aliphatic carbocycles. The number of fused-ring (bicyclic) bond motifs is 1. The number of rotatable bonds is 28. The Kier molecular flexibility index (Phi) is 20.8. The molecular weight excluding hydrogens is 520 g/mol. The van der Waals surface area contributed by atoms with Crippen LogP contribution in [0.1, 0.15) is 199 Å². The molecule has 1 heterocycles. The van der Waals surface area contributed by atoms with E-state index in [4.69, 9.17) is 0 Å². The van der Waals surface area contributed by atoms with E-state index in [2.05, 4.69) is 26.0 Å². The minimum Gasteiger partial charge on any atom is -0.480 e. The molecule has 2 rings (SSSR count). The quantitative estimate of drug-likeness (QED) is 0.0992. The summed E-state index contributed by atoms with van der Waals surface area (Å²) in [6, 6.07) is 8.26. The molecule has 0 fully saturated rings. The average molecular weight is 587 g/mol. The molecule has 41 heavy (non-hydrogen) atoms. The van der Waals surface area contributed by atoms with Crippen molar-refractivity contribution in [2.24, 2.45) is 0 Å². The van der Waals surface area contributed by atoms with E-state index in [-0.39, 0.29) is 5.92 Å². The van der Waals surface area contributed by atoms with Gasteiger partial charge in [0.25, 0.3) is 0 Å². The van der Waals surface area contributed by atoms with E-state index in [9.17, 15) is 9.90 Å². The van der Waals surface area contributed by atoms with Crippen LogP contribution < -0.4 is 0 Å². The molecule has 1 aromatic rings. The highest BCUT2D eigenvalue weighted by atomic mass is 32.2. The fourth-order valence-electron chi connectivity index (χ4n) is 6.77. The second-order valence-electron chi connectivity index (χ2n) is 13.1. The van der Waals surface area contributed by atoms with Crippen LogP contribution >= 0.6 is 11.8 Å². The normalized spacial score (nSPS) is 18.1. The van der Waals surface area contributed by atoms with Gasteiger partial charge in [0.1, 0.15) is 4.75 Å². The van der Waals surface area contributed by atoms with Gasteiger partial charge in [-0.25, -0.2) is 0 Å². The van der Waals surface area contributed by atoms with Crippen molar-refractivity contribution in [1.29, 1.82) is 0 Å². The van der Waals surface area contributed by atoms with Crippen molar-refractivity contribution in [1.82, 2.24) is 0 Å². The van der Waals surface area contributed by atoms with Crippen LogP contribution in [0, 0.1) is 0 Å². The van der Waals surface area contributed by atoms with Crippen molar-refractivity contribution in [3.63, 3.8) is 0 Å². The zero-order chi connectivity index (χ0) is 29.4. The Bertz CT molecular complexity index is 777. The summed E-state index contributed by atoms with van der Waals surface area (Å²) in [5.41, 5.74) is 1.22. The van der Waals surface area contributed by atoms with Gasteiger partial charge < -0.3 is 5.11 Å². The van der Waals surface area contributed by atoms with Crippen LogP contribution in [0.25, 0.3) is 0 Å². The molecule has 1 aliphatic rings. The first kappa shape index (κ1) is 36.2. The zero-order valence-corrected chi connectivity index (χ0v) is 28.1. The van der Waals surface area contributed by atoms with Gasteiger partial charge in [0.2, 0.25) is 0 Å². The molecule has 2 unspecified atom stereocenters. The highest BCUT2D eigenvalue weighted by Gasteiger charge is 2.50. The summed E-state index contributed by atoms with van der Waals surface area (Å²) in [4.78, 5) is 13.4. The molecule has 0 amide bonds. The van der Waals surface area contributed by atoms with E-state index in [1.807, 2.05) is 12.1 Å². The molecule has 3 heteroatoms. The fourth-order valence-corrected chi connectivity index (χ4v) is 8.31. The molecule has 0 aromatic heterocycles. The van der Waals surface area contributed by atoms with Crippen molar-refractivity contribution in [2.45, 2.75) is 203 Å². The van der Waals surface area contributed by atoms with E-state index >= 15 is 0 Å². The maximum atomic E-state index is 12.3. The van der Waals surface area contributed by atoms with Crippen LogP contribution in [-0.4, -0.2) is 15.8 Å². The van der Waals surface area contributed by atoms with Crippen LogP contribution in [0.2, 0.25) is 0 Å². The predicted molar refractivity (Wildman–Crippen MR) is 181 cm³/mol. The summed E-state index contributed by atoms with van der Waals surface area (Å²) < 4.78 is -0.671. The molecule has 0 bridgehead atoms. The number of hydrogen-bond acceptors (Lipinski definition) is 2. The van der Waals surface area contributed by atoms with Crippen molar-refractivity contribution >= 4 is 17.7 Å². The third-order valence-corrected chi connectivity index (χ3v) is 11.3. The molecule has 1 aliphatic heterocycles. The minimum absolute atomic E-state index is 0.0837. The van der Waals surface area contributed by atoms with Gasteiger partial charge in [-0.1, -0.05) is 199 Å². The molecule has 0 saturated heterocycles. The second kappa shape index (κ2) is 23.5. The Balaban J connectivity index is 1.29. The molecule has 0 radical (unpaired) electrons. The number of carbonyl (C=O) groups is 1. The monoisotopic (exact) mass is 586 g/mol. The maximum absolute atomic E-state index is 12.3. The molecule has 2 nitrogen and oxygen atoms in total. The van der Waals surface area contributed by atoms with Gasteiger partial charge in [-0.05, 0) is 18.1 Å². The highest BCUT2D eigenvalue weighted by Crippen LogP contribution is 2.55. The molecule has 1 N–H and O–H groups in total. The van der Waals surface area contributed by atoms with Gasteiger partial charge >= 0.3 is 5.97 Å². The van der Waals surface area contributed by atoms with Crippen molar-refractivity contribution in [3.05, 3.63) is 29.8 Å². The summed E-state index contributed by atoms with van der Waals surface area (Å²) in [6.45, 7) is 4.40. The van der Waals surface area contributed by atoms with Gasteiger partial charge in [-0.2, -0.15) is 0 Å². The number of thioether (sulfide) groups is 1. The standard InChI is InChI=1S/C38H66O2S/c1-3-4-5-6-7-8-9-10-11-12-13-14-15-16-17-18-19-20-21-22-23-24-25-26-27-30-33-38(37(39)40)34(2)35-31-28-29-32-36(35)41-38/h28-29,31-32,34H,3-27,30,33H2,1-2H3,(H,39,40). The Morgan fingerprint density at radius 1 is 0.610 bits per heavy atom. The fraction of sp³-hybridized carbons (Fsp3) is 0.816. The van der Waals surface area contributed by atoms with Gasteiger partial charge in [0.05, 0.1) is 0 Å². The Morgan fingerprint density at radius 2 is 0.951 bits per heavy atom.